The van der Waals surface area contributed by atoms with Gasteiger partial charge in [0.2, 0.25) is 5.91 Å². The molecule has 0 bridgehead atoms. The topological polar surface area (TPSA) is 83.0 Å². The zero-order chi connectivity index (χ0) is 22.8. The number of hydrogen-bond donors (Lipinski definition) is 2. The standard InChI is InChI=1S/C26H32N6O/c1-17(2)15-29-26(33)18-7-11-32(12-8-18)25-22-6-9-27-16-20(22)13-23(31-25)19-5-10-28-24(14-19)30-21-3-4-21/h5-6,9-10,13-14,16-18,21H,3-4,7-8,11-12,15H2,1-2H3,(H,28,30)(H,29,33). The lowest BCUT2D eigenvalue weighted by Gasteiger charge is -2.33. The first-order chi connectivity index (χ1) is 16.1. The van der Waals surface area contributed by atoms with Crippen molar-refractivity contribution in [2.45, 2.75) is 45.6 Å². The van der Waals surface area contributed by atoms with Crippen molar-refractivity contribution in [3.63, 3.8) is 0 Å². The fraction of sp³-hybridized carbons (Fsp3) is 0.462. The van der Waals surface area contributed by atoms with Crippen LogP contribution in [0.15, 0.2) is 42.9 Å². The molecule has 2 aliphatic rings. The van der Waals surface area contributed by atoms with Gasteiger partial charge in [0.15, 0.2) is 0 Å². The van der Waals surface area contributed by atoms with E-state index >= 15 is 0 Å². The summed E-state index contributed by atoms with van der Waals surface area (Å²) in [7, 11) is 0. The van der Waals surface area contributed by atoms with Crippen LogP contribution in [-0.2, 0) is 4.79 Å². The van der Waals surface area contributed by atoms with Gasteiger partial charge in [-0.1, -0.05) is 13.8 Å². The number of nitrogens with zero attached hydrogens (tertiary/aromatic N) is 4. The number of nitrogens with one attached hydrogen (secondary N) is 2. The van der Waals surface area contributed by atoms with Crippen LogP contribution >= 0.6 is 0 Å². The highest BCUT2D eigenvalue weighted by atomic mass is 16.1. The highest BCUT2D eigenvalue weighted by Crippen LogP contribution is 2.33. The van der Waals surface area contributed by atoms with Gasteiger partial charge in [-0.05, 0) is 55.9 Å². The number of aromatic nitrogens is 3. The molecule has 2 fully saturated rings. The van der Waals surface area contributed by atoms with Crippen molar-refractivity contribution in [2.75, 3.05) is 29.9 Å². The molecule has 5 rings (SSSR count). The van der Waals surface area contributed by atoms with Gasteiger partial charge >= 0.3 is 0 Å². The number of amides is 1. The molecule has 172 valence electrons. The Morgan fingerprint density at radius 2 is 1.94 bits per heavy atom. The van der Waals surface area contributed by atoms with E-state index in [-0.39, 0.29) is 11.8 Å². The average Bonchev–Trinajstić information content (AvgIpc) is 3.66. The Morgan fingerprint density at radius 3 is 2.70 bits per heavy atom. The van der Waals surface area contributed by atoms with Gasteiger partial charge in [-0.2, -0.15) is 0 Å². The van der Waals surface area contributed by atoms with Crippen LogP contribution in [0.25, 0.3) is 22.0 Å². The molecular formula is C26H32N6O. The lowest BCUT2D eigenvalue weighted by atomic mass is 9.95. The van der Waals surface area contributed by atoms with Crippen LogP contribution in [0.1, 0.15) is 39.5 Å². The fourth-order valence-electron chi connectivity index (χ4n) is 4.38. The molecule has 3 aromatic heterocycles. The van der Waals surface area contributed by atoms with Crippen LogP contribution in [0.4, 0.5) is 11.6 Å². The lowest BCUT2D eigenvalue weighted by molar-refractivity contribution is -0.125. The summed E-state index contributed by atoms with van der Waals surface area (Å²) in [5.41, 5.74) is 1.96. The van der Waals surface area contributed by atoms with E-state index in [4.69, 9.17) is 4.98 Å². The Hall–Kier alpha value is -3.22. The maximum absolute atomic E-state index is 12.5. The van der Waals surface area contributed by atoms with E-state index in [0.29, 0.717) is 12.0 Å². The summed E-state index contributed by atoms with van der Waals surface area (Å²) in [6, 6.07) is 8.79. The third-order valence-corrected chi connectivity index (χ3v) is 6.45. The molecule has 1 aliphatic carbocycles. The van der Waals surface area contributed by atoms with Gasteiger partial charge in [-0.3, -0.25) is 9.78 Å². The third-order valence-electron chi connectivity index (χ3n) is 6.45. The first kappa shape index (κ1) is 21.6. The minimum Gasteiger partial charge on any atom is -0.367 e. The maximum Gasteiger partial charge on any atom is 0.223 e. The SMILES string of the molecule is CC(C)CNC(=O)C1CCN(c2nc(-c3ccnc(NC4CC4)c3)cc3cnccc23)CC1. The van der Waals surface area contributed by atoms with E-state index < -0.39 is 0 Å². The van der Waals surface area contributed by atoms with Crippen LogP contribution in [0.3, 0.4) is 0 Å². The summed E-state index contributed by atoms with van der Waals surface area (Å²) in [5, 5.41) is 8.74. The predicted molar refractivity (Wildman–Crippen MR) is 132 cm³/mol. The zero-order valence-electron chi connectivity index (χ0n) is 19.4. The van der Waals surface area contributed by atoms with Crippen molar-refractivity contribution >= 4 is 28.3 Å². The number of fused-ring (bicyclic) bond motifs is 1. The van der Waals surface area contributed by atoms with E-state index in [1.54, 1.807) is 0 Å². The molecule has 0 aromatic carbocycles. The summed E-state index contributed by atoms with van der Waals surface area (Å²) in [5.74, 6) is 2.60. The molecule has 1 saturated heterocycles. The second-order valence-electron chi connectivity index (χ2n) is 9.68. The Morgan fingerprint density at radius 1 is 1.12 bits per heavy atom. The number of anilines is 2. The zero-order valence-corrected chi connectivity index (χ0v) is 19.4. The summed E-state index contributed by atoms with van der Waals surface area (Å²) < 4.78 is 0. The second kappa shape index (κ2) is 9.33. The van der Waals surface area contributed by atoms with Crippen molar-refractivity contribution in [1.82, 2.24) is 20.3 Å². The van der Waals surface area contributed by atoms with Gasteiger partial charge in [0.25, 0.3) is 0 Å². The molecule has 0 unspecified atom stereocenters. The van der Waals surface area contributed by atoms with Crippen molar-refractivity contribution in [3.8, 4) is 11.3 Å². The molecule has 33 heavy (non-hydrogen) atoms. The van der Waals surface area contributed by atoms with Crippen molar-refractivity contribution < 1.29 is 4.79 Å². The van der Waals surface area contributed by atoms with Gasteiger partial charge in [0, 0.05) is 66.5 Å². The monoisotopic (exact) mass is 444 g/mol. The van der Waals surface area contributed by atoms with Crippen LogP contribution in [0.2, 0.25) is 0 Å². The van der Waals surface area contributed by atoms with Crippen LogP contribution in [0.5, 0.6) is 0 Å². The van der Waals surface area contributed by atoms with Gasteiger partial charge in [0.05, 0.1) is 5.69 Å². The molecule has 0 radical (unpaired) electrons. The van der Waals surface area contributed by atoms with Gasteiger partial charge in [-0.15, -0.1) is 0 Å². The first-order valence-corrected chi connectivity index (χ1v) is 12.1. The summed E-state index contributed by atoms with van der Waals surface area (Å²) >= 11 is 0. The molecule has 1 saturated carbocycles. The van der Waals surface area contributed by atoms with Crippen molar-refractivity contribution in [2.24, 2.45) is 11.8 Å². The highest BCUT2D eigenvalue weighted by Gasteiger charge is 2.27. The Labute approximate surface area is 195 Å². The Kier molecular flexibility index (Phi) is 6.11. The lowest BCUT2D eigenvalue weighted by Crippen LogP contribution is -2.41. The number of carbonyl (C=O) groups excluding carboxylic acids is 1. The number of rotatable bonds is 7. The number of hydrogen-bond acceptors (Lipinski definition) is 6. The minimum atomic E-state index is 0.0763. The summed E-state index contributed by atoms with van der Waals surface area (Å²) in [6.45, 7) is 6.62. The molecule has 1 amide bonds. The van der Waals surface area contributed by atoms with E-state index in [1.165, 1.54) is 12.8 Å². The summed E-state index contributed by atoms with van der Waals surface area (Å²) in [4.78, 5) is 28.8. The molecule has 0 atom stereocenters. The van der Waals surface area contributed by atoms with Crippen LogP contribution in [0, 0.1) is 11.8 Å². The molecule has 0 spiro atoms. The normalized spacial score (nSPS) is 16.9. The van der Waals surface area contributed by atoms with E-state index in [9.17, 15) is 4.79 Å². The quantitative estimate of drug-likeness (QED) is 0.567. The predicted octanol–water partition coefficient (Wildman–Crippen LogP) is 4.25. The smallest absolute Gasteiger partial charge is 0.223 e. The Balaban J connectivity index is 1.39. The summed E-state index contributed by atoms with van der Waals surface area (Å²) in [6.07, 6.45) is 9.67. The van der Waals surface area contributed by atoms with Gasteiger partial charge < -0.3 is 15.5 Å². The molecule has 7 nitrogen and oxygen atoms in total. The second-order valence-corrected chi connectivity index (χ2v) is 9.68. The molecule has 7 heteroatoms. The van der Waals surface area contributed by atoms with E-state index in [1.807, 2.05) is 30.7 Å². The van der Waals surface area contributed by atoms with Gasteiger partial charge in [0.1, 0.15) is 11.6 Å². The van der Waals surface area contributed by atoms with Crippen LogP contribution in [-0.4, -0.2) is 46.5 Å². The minimum absolute atomic E-state index is 0.0763. The molecule has 4 heterocycles. The number of pyridine rings is 3. The third kappa shape index (κ3) is 5.07. The van der Waals surface area contributed by atoms with E-state index in [0.717, 1.165) is 66.1 Å². The number of piperidine rings is 1. The molecule has 2 N–H and O–H groups in total. The Bertz CT molecular complexity index is 1130. The maximum atomic E-state index is 12.5. The molecule has 1 aliphatic heterocycles. The van der Waals surface area contributed by atoms with Crippen molar-refractivity contribution in [1.29, 1.82) is 0 Å². The fourth-order valence-corrected chi connectivity index (χ4v) is 4.38. The first-order valence-electron chi connectivity index (χ1n) is 12.1. The molecule has 3 aromatic rings. The molecular weight excluding hydrogens is 412 g/mol. The highest BCUT2D eigenvalue weighted by molar-refractivity contribution is 5.94. The van der Waals surface area contributed by atoms with Gasteiger partial charge in [-0.25, -0.2) is 9.97 Å². The van der Waals surface area contributed by atoms with E-state index in [2.05, 4.69) is 51.5 Å². The average molecular weight is 445 g/mol. The van der Waals surface area contributed by atoms with Crippen LogP contribution < -0.4 is 15.5 Å². The largest absolute Gasteiger partial charge is 0.367 e. The number of carbonyl (C=O) groups is 1. The van der Waals surface area contributed by atoms with Crippen molar-refractivity contribution in [3.05, 3.63) is 42.9 Å².